The average molecular weight is 278 g/mol. The Morgan fingerprint density at radius 1 is 1.10 bits per heavy atom. The number of rotatable bonds is 4. The largest absolute Gasteiger partial charge is 0.478 e. The van der Waals surface area contributed by atoms with Crippen molar-refractivity contribution in [3.8, 4) is 0 Å². The summed E-state index contributed by atoms with van der Waals surface area (Å²) in [6.45, 7) is 0.674. The molecule has 0 bridgehead atoms. The van der Waals surface area contributed by atoms with Crippen LogP contribution in [-0.2, 0) is 6.54 Å². The minimum atomic E-state index is -0.924. The van der Waals surface area contributed by atoms with E-state index in [9.17, 15) is 4.79 Å². The molecule has 0 unspecified atom stereocenters. The molecule has 0 spiro atoms. The highest BCUT2D eigenvalue weighted by Gasteiger charge is 2.07. The third-order valence-corrected chi connectivity index (χ3v) is 3.31. The molecule has 4 heteroatoms. The van der Waals surface area contributed by atoms with Crippen LogP contribution in [0.15, 0.2) is 60.8 Å². The summed E-state index contributed by atoms with van der Waals surface area (Å²) in [5, 5.41) is 14.1. The highest BCUT2D eigenvalue weighted by Crippen LogP contribution is 2.22. The molecule has 1 aromatic heterocycles. The third-order valence-electron chi connectivity index (χ3n) is 3.31. The van der Waals surface area contributed by atoms with Crippen LogP contribution in [0.1, 0.15) is 15.9 Å². The van der Waals surface area contributed by atoms with E-state index >= 15 is 0 Å². The molecule has 0 aliphatic heterocycles. The molecule has 0 radical (unpaired) electrons. The molecular formula is C17H14N2O2. The van der Waals surface area contributed by atoms with Crippen LogP contribution in [0.5, 0.6) is 0 Å². The van der Waals surface area contributed by atoms with Crippen LogP contribution in [-0.4, -0.2) is 16.1 Å². The van der Waals surface area contributed by atoms with Crippen molar-refractivity contribution in [3.05, 3.63) is 71.9 Å². The molecule has 3 aromatic rings. The Hall–Kier alpha value is -2.88. The lowest BCUT2D eigenvalue weighted by Gasteiger charge is -2.09. The Balaban J connectivity index is 1.90. The maximum atomic E-state index is 11.0. The van der Waals surface area contributed by atoms with E-state index < -0.39 is 5.97 Å². The van der Waals surface area contributed by atoms with Crippen molar-refractivity contribution in [1.82, 2.24) is 4.98 Å². The molecule has 2 N–H and O–H groups in total. The summed E-state index contributed by atoms with van der Waals surface area (Å²) in [6, 6.07) is 16.9. The van der Waals surface area contributed by atoms with Gasteiger partial charge in [0.15, 0.2) is 0 Å². The lowest BCUT2D eigenvalue weighted by atomic mass is 10.1. The van der Waals surface area contributed by atoms with E-state index in [1.807, 2.05) is 36.4 Å². The molecule has 0 aliphatic carbocycles. The summed E-state index contributed by atoms with van der Waals surface area (Å²) in [4.78, 5) is 15.3. The first-order valence-electron chi connectivity index (χ1n) is 6.64. The summed E-state index contributed by atoms with van der Waals surface area (Å²) in [5.74, 6) is -0.166. The third kappa shape index (κ3) is 2.84. The summed E-state index contributed by atoms with van der Waals surface area (Å²) >= 11 is 0. The van der Waals surface area contributed by atoms with Gasteiger partial charge in [-0.25, -0.2) is 9.78 Å². The number of nitrogens with zero attached hydrogens (tertiary/aromatic N) is 1. The fourth-order valence-corrected chi connectivity index (χ4v) is 2.23. The minimum Gasteiger partial charge on any atom is -0.478 e. The number of carboxylic acid groups (broad SMARTS) is 1. The SMILES string of the molecule is O=C(O)c1ccc2c(NCc3ccccc3)nccc2c1. The lowest BCUT2D eigenvalue weighted by Crippen LogP contribution is -2.02. The zero-order valence-electron chi connectivity index (χ0n) is 11.3. The van der Waals surface area contributed by atoms with Gasteiger partial charge < -0.3 is 10.4 Å². The molecule has 21 heavy (non-hydrogen) atoms. The van der Waals surface area contributed by atoms with Crippen LogP contribution >= 0.6 is 0 Å². The van der Waals surface area contributed by atoms with Gasteiger partial charge in [-0.15, -0.1) is 0 Å². The molecule has 0 saturated heterocycles. The second-order valence-corrected chi connectivity index (χ2v) is 4.74. The Bertz CT molecular complexity index is 785. The number of aromatic nitrogens is 1. The Labute approximate surface area is 122 Å². The lowest BCUT2D eigenvalue weighted by molar-refractivity contribution is 0.0697. The van der Waals surface area contributed by atoms with Crippen LogP contribution in [0.25, 0.3) is 10.8 Å². The van der Waals surface area contributed by atoms with Crippen LogP contribution in [0.4, 0.5) is 5.82 Å². The van der Waals surface area contributed by atoms with Gasteiger partial charge >= 0.3 is 5.97 Å². The van der Waals surface area contributed by atoms with Crippen molar-refractivity contribution < 1.29 is 9.90 Å². The number of hydrogen-bond donors (Lipinski definition) is 2. The smallest absolute Gasteiger partial charge is 0.335 e. The maximum Gasteiger partial charge on any atom is 0.335 e. The Morgan fingerprint density at radius 3 is 2.67 bits per heavy atom. The number of hydrogen-bond acceptors (Lipinski definition) is 3. The summed E-state index contributed by atoms with van der Waals surface area (Å²) < 4.78 is 0. The molecule has 104 valence electrons. The number of carbonyl (C=O) groups is 1. The molecule has 4 nitrogen and oxygen atoms in total. The fraction of sp³-hybridized carbons (Fsp3) is 0.0588. The molecule has 0 aliphatic rings. The average Bonchev–Trinajstić information content (AvgIpc) is 2.53. The van der Waals surface area contributed by atoms with Gasteiger partial charge in [0.1, 0.15) is 5.82 Å². The van der Waals surface area contributed by atoms with Gasteiger partial charge in [0, 0.05) is 18.1 Å². The number of benzene rings is 2. The van der Waals surface area contributed by atoms with Gasteiger partial charge in [-0.1, -0.05) is 30.3 Å². The molecule has 0 fully saturated rings. The van der Waals surface area contributed by atoms with Gasteiger partial charge in [0.25, 0.3) is 0 Å². The van der Waals surface area contributed by atoms with E-state index in [-0.39, 0.29) is 5.56 Å². The number of carboxylic acids is 1. The zero-order chi connectivity index (χ0) is 14.7. The number of nitrogens with one attached hydrogen (secondary N) is 1. The quantitative estimate of drug-likeness (QED) is 0.766. The van der Waals surface area contributed by atoms with Crippen LogP contribution in [0.3, 0.4) is 0 Å². The standard InChI is InChI=1S/C17H14N2O2/c20-17(21)14-6-7-15-13(10-14)8-9-18-16(15)19-11-12-4-2-1-3-5-12/h1-10H,11H2,(H,18,19)(H,20,21). The first kappa shape index (κ1) is 13.1. The van der Waals surface area contributed by atoms with Crippen LogP contribution in [0, 0.1) is 0 Å². The second kappa shape index (κ2) is 5.63. The molecule has 0 saturated carbocycles. The molecule has 3 rings (SSSR count). The van der Waals surface area contributed by atoms with E-state index in [1.54, 1.807) is 24.4 Å². The first-order chi connectivity index (χ1) is 10.2. The summed E-state index contributed by atoms with van der Waals surface area (Å²) in [5.41, 5.74) is 1.45. The molecule has 2 aromatic carbocycles. The molecule has 0 amide bonds. The second-order valence-electron chi connectivity index (χ2n) is 4.74. The number of anilines is 1. The van der Waals surface area contributed by atoms with Crippen LogP contribution < -0.4 is 5.32 Å². The van der Waals surface area contributed by atoms with E-state index in [0.29, 0.717) is 6.54 Å². The van der Waals surface area contributed by atoms with Gasteiger partial charge in [0.05, 0.1) is 5.56 Å². The van der Waals surface area contributed by atoms with Gasteiger partial charge in [0.2, 0.25) is 0 Å². The van der Waals surface area contributed by atoms with E-state index in [0.717, 1.165) is 16.6 Å². The normalized spacial score (nSPS) is 10.5. The van der Waals surface area contributed by atoms with Gasteiger partial charge in [-0.05, 0) is 35.2 Å². The monoisotopic (exact) mass is 278 g/mol. The molecular weight excluding hydrogens is 264 g/mol. The van der Waals surface area contributed by atoms with Crippen molar-refractivity contribution in [3.63, 3.8) is 0 Å². The van der Waals surface area contributed by atoms with Crippen LogP contribution in [0.2, 0.25) is 0 Å². The predicted molar refractivity (Wildman–Crippen MR) is 82.5 cm³/mol. The Kier molecular flexibility index (Phi) is 3.51. The minimum absolute atomic E-state index is 0.280. The fourth-order valence-electron chi connectivity index (χ4n) is 2.23. The van der Waals surface area contributed by atoms with E-state index in [4.69, 9.17) is 5.11 Å². The van der Waals surface area contributed by atoms with Gasteiger partial charge in [-0.2, -0.15) is 0 Å². The van der Waals surface area contributed by atoms with Crippen molar-refractivity contribution in [2.75, 3.05) is 5.32 Å². The van der Waals surface area contributed by atoms with Crippen molar-refractivity contribution in [1.29, 1.82) is 0 Å². The first-order valence-corrected chi connectivity index (χ1v) is 6.64. The van der Waals surface area contributed by atoms with Gasteiger partial charge in [-0.3, -0.25) is 0 Å². The number of aromatic carboxylic acids is 1. The van der Waals surface area contributed by atoms with E-state index in [1.165, 1.54) is 5.56 Å². The predicted octanol–water partition coefficient (Wildman–Crippen LogP) is 3.55. The molecule has 0 atom stereocenters. The summed E-state index contributed by atoms with van der Waals surface area (Å²) in [6.07, 6.45) is 1.68. The highest BCUT2D eigenvalue weighted by atomic mass is 16.4. The summed E-state index contributed by atoms with van der Waals surface area (Å²) in [7, 11) is 0. The Morgan fingerprint density at radius 2 is 1.90 bits per heavy atom. The van der Waals surface area contributed by atoms with Crippen molar-refractivity contribution >= 4 is 22.6 Å². The zero-order valence-corrected chi connectivity index (χ0v) is 11.3. The number of fused-ring (bicyclic) bond motifs is 1. The van der Waals surface area contributed by atoms with Crippen molar-refractivity contribution in [2.24, 2.45) is 0 Å². The maximum absolute atomic E-state index is 11.0. The highest BCUT2D eigenvalue weighted by molar-refractivity contribution is 5.98. The topological polar surface area (TPSA) is 62.2 Å². The van der Waals surface area contributed by atoms with Crippen molar-refractivity contribution in [2.45, 2.75) is 6.54 Å². The van der Waals surface area contributed by atoms with E-state index in [2.05, 4.69) is 10.3 Å². The number of pyridine rings is 1. The molecule has 1 heterocycles.